The van der Waals surface area contributed by atoms with E-state index in [0.717, 1.165) is 22.8 Å². The van der Waals surface area contributed by atoms with Crippen molar-refractivity contribution in [2.45, 2.75) is 64.0 Å². The number of anilines is 2. The van der Waals surface area contributed by atoms with Crippen LogP contribution < -0.4 is 15.5 Å². The molecule has 8 rings (SSSR count). The van der Waals surface area contributed by atoms with Gasteiger partial charge in [0.25, 0.3) is 11.8 Å². The Labute approximate surface area is 332 Å². The molecule has 2 N–H and O–H groups in total. The van der Waals surface area contributed by atoms with E-state index in [4.69, 9.17) is 0 Å². The van der Waals surface area contributed by atoms with Crippen LogP contribution in [0, 0.1) is 18.8 Å². The number of imidazole rings is 1. The third kappa shape index (κ3) is 7.62. The zero-order chi connectivity index (χ0) is 40.7. The van der Waals surface area contributed by atoms with Gasteiger partial charge in [0.05, 0.1) is 11.8 Å². The lowest BCUT2D eigenvalue weighted by Gasteiger charge is -2.39. The number of halogens is 3. The predicted octanol–water partition coefficient (Wildman–Crippen LogP) is 5.57. The second-order valence-corrected chi connectivity index (χ2v) is 14.9. The number of imide groups is 1. The predicted molar refractivity (Wildman–Crippen MR) is 209 cm³/mol. The average molecular weight is 789 g/mol. The summed E-state index contributed by atoms with van der Waals surface area (Å²) in [5, 5.41) is 9.23. The summed E-state index contributed by atoms with van der Waals surface area (Å²) < 4.78 is 45.3. The van der Waals surface area contributed by atoms with Gasteiger partial charge in [0.2, 0.25) is 11.8 Å². The van der Waals surface area contributed by atoms with Gasteiger partial charge in [-0.15, -0.1) is 0 Å². The molecule has 15 heteroatoms. The summed E-state index contributed by atoms with van der Waals surface area (Å²) in [5.74, 6) is 4.49. The van der Waals surface area contributed by atoms with Crippen molar-refractivity contribution >= 4 is 40.7 Å². The third-order valence-corrected chi connectivity index (χ3v) is 11.2. The molecule has 5 heterocycles. The topological polar surface area (TPSA) is 132 Å². The van der Waals surface area contributed by atoms with Gasteiger partial charge >= 0.3 is 6.18 Å². The highest BCUT2D eigenvalue weighted by Gasteiger charge is 2.40. The Morgan fingerprint density at radius 2 is 1.81 bits per heavy atom. The van der Waals surface area contributed by atoms with Gasteiger partial charge in [-0.2, -0.15) is 18.3 Å². The summed E-state index contributed by atoms with van der Waals surface area (Å²) in [4.78, 5) is 60.6. The van der Waals surface area contributed by atoms with Crippen LogP contribution >= 0.6 is 0 Å². The number of hydrogen-bond donors (Lipinski definition) is 2. The number of benzene rings is 3. The van der Waals surface area contributed by atoms with Crippen LogP contribution in [0.1, 0.15) is 79.9 Å². The Morgan fingerprint density at radius 1 is 1.00 bits per heavy atom. The van der Waals surface area contributed by atoms with E-state index in [2.05, 4.69) is 37.5 Å². The van der Waals surface area contributed by atoms with Crippen molar-refractivity contribution < 1.29 is 32.3 Å². The number of fused-ring (bicyclic) bond motifs is 2. The number of carbonyl (C=O) groups excluding carboxylic acids is 4. The summed E-state index contributed by atoms with van der Waals surface area (Å²) in [6, 6.07) is 17.3. The standard InChI is InChI=1S/C43H39F3N8O4/c1-26-8-9-28(21-27(26)10-12-32-23-47-38-7-4-18-48-54(32)38)40(56)49-30-11-13-36(35(22-30)43(44,45)46)52-19-16-31(17-20-52)51(2)24-29-5-3-6-33-34(29)25-53(42(33)58)37-14-15-39(55)50-41(37)57/h3-9,11,13,18,21-23,31,37H,14-17,19-20,24-25H2,1-2H3,(H,49,56)(H,50,55,57). The lowest BCUT2D eigenvalue weighted by molar-refractivity contribution is -0.138. The molecule has 0 radical (unpaired) electrons. The fourth-order valence-electron chi connectivity index (χ4n) is 8.01. The number of aryl methyl sites for hydroxylation is 1. The van der Waals surface area contributed by atoms with Gasteiger partial charge in [0, 0.05) is 72.9 Å². The SMILES string of the molecule is Cc1ccc(C(=O)Nc2ccc(N3CCC(N(C)Cc4cccc5c4CN(C4CCC(=O)NC4=O)C5=O)CC3)c(C(F)(F)F)c2)cc1C#Cc1cnc2cccnn12. The second-order valence-electron chi connectivity index (χ2n) is 14.9. The lowest BCUT2D eigenvalue weighted by atomic mass is 9.99. The largest absolute Gasteiger partial charge is 0.418 e. The first-order valence-corrected chi connectivity index (χ1v) is 19.0. The first-order valence-electron chi connectivity index (χ1n) is 19.0. The molecule has 2 aromatic heterocycles. The van der Waals surface area contributed by atoms with Crippen LogP contribution in [-0.4, -0.2) is 80.2 Å². The highest BCUT2D eigenvalue weighted by molar-refractivity contribution is 6.06. The van der Waals surface area contributed by atoms with Crippen LogP contribution in [0.3, 0.4) is 0 Å². The molecule has 3 aromatic carbocycles. The zero-order valence-electron chi connectivity index (χ0n) is 31.8. The van der Waals surface area contributed by atoms with Gasteiger partial charge in [-0.1, -0.05) is 24.1 Å². The van der Waals surface area contributed by atoms with Crippen LogP contribution in [0.15, 0.2) is 79.1 Å². The van der Waals surface area contributed by atoms with Crippen LogP contribution in [0.5, 0.6) is 0 Å². The summed E-state index contributed by atoms with van der Waals surface area (Å²) in [6.07, 6.45) is 0.225. The number of hydrogen-bond acceptors (Lipinski definition) is 8. The smallest absolute Gasteiger partial charge is 0.371 e. The first-order chi connectivity index (χ1) is 27.8. The van der Waals surface area contributed by atoms with E-state index in [1.54, 1.807) is 58.2 Å². The molecule has 12 nitrogen and oxygen atoms in total. The molecule has 3 aliphatic rings. The quantitative estimate of drug-likeness (QED) is 0.162. The monoisotopic (exact) mass is 788 g/mol. The van der Waals surface area contributed by atoms with Crippen LogP contribution in [0.2, 0.25) is 0 Å². The fraction of sp³-hybridized carbons (Fsp3) is 0.302. The minimum Gasteiger partial charge on any atom is -0.371 e. The molecule has 296 valence electrons. The number of nitrogens with zero attached hydrogens (tertiary/aromatic N) is 6. The first kappa shape index (κ1) is 38.3. The second kappa shape index (κ2) is 15.4. The van der Waals surface area contributed by atoms with Gasteiger partial charge in [0.1, 0.15) is 11.7 Å². The summed E-state index contributed by atoms with van der Waals surface area (Å²) in [7, 11) is 1.97. The van der Waals surface area contributed by atoms with Crippen molar-refractivity contribution in [1.82, 2.24) is 29.7 Å². The highest BCUT2D eigenvalue weighted by Crippen LogP contribution is 2.40. The number of piperidine rings is 2. The molecule has 0 bridgehead atoms. The zero-order valence-corrected chi connectivity index (χ0v) is 31.8. The number of rotatable bonds is 7. The molecule has 3 aliphatic heterocycles. The van der Waals surface area contributed by atoms with Crippen molar-refractivity contribution in [2.75, 3.05) is 30.4 Å². The number of carbonyl (C=O) groups is 4. The van der Waals surface area contributed by atoms with E-state index < -0.39 is 29.6 Å². The third-order valence-electron chi connectivity index (χ3n) is 11.2. The Hall–Kier alpha value is -6.53. The molecular weight excluding hydrogens is 750 g/mol. The Morgan fingerprint density at radius 3 is 2.59 bits per heavy atom. The number of aromatic nitrogens is 3. The van der Waals surface area contributed by atoms with Gasteiger partial charge in [-0.25, -0.2) is 9.50 Å². The van der Waals surface area contributed by atoms with E-state index in [0.29, 0.717) is 54.9 Å². The van der Waals surface area contributed by atoms with Crippen LogP contribution in [-0.2, 0) is 28.9 Å². The maximum atomic E-state index is 14.6. The van der Waals surface area contributed by atoms with E-state index in [1.807, 2.05) is 26.1 Å². The summed E-state index contributed by atoms with van der Waals surface area (Å²) in [5.41, 5.74) is 4.42. The van der Waals surface area contributed by atoms with Gasteiger partial charge in [-0.3, -0.25) is 29.4 Å². The van der Waals surface area contributed by atoms with Crippen molar-refractivity contribution in [3.05, 3.63) is 124 Å². The van der Waals surface area contributed by atoms with Crippen molar-refractivity contribution in [2.24, 2.45) is 0 Å². The number of nitrogens with one attached hydrogen (secondary N) is 2. The fourth-order valence-corrected chi connectivity index (χ4v) is 8.01. The van der Waals surface area contributed by atoms with E-state index in [1.165, 1.54) is 17.0 Å². The van der Waals surface area contributed by atoms with Crippen LogP contribution in [0.4, 0.5) is 24.5 Å². The molecule has 0 saturated carbocycles. The molecule has 0 aliphatic carbocycles. The molecule has 4 amide bonds. The van der Waals surface area contributed by atoms with Crippen LogP contribution in [0.25, 0.3) is 5.65 Å². The molecule has 5 aromatic rings. The van der Waals surface area contributed by atoms with E-state index in [9.17, 15) is 32.3 Å². The molecule has 2 saturated heterocycles. The Balaban J connectivity index is 0.918. The number of alkyl halides is 3. The van der Waals surface area contributed by atoms with Gasteiger partial charge in [-0.05, 0) is 104 Å². The maximum absolute atomic E-state index is 14.6. The van der Waals surface area contributed by atoms with E-state index >= 15 is 0 Å². The molecule has 0 spiro atoms. The normalized spacial score (nSPS) is 17.3. The Bertz CT molecular complexity index is 2530. The van der Waals surface area contributed by atoms with Crippen molar-refractivity contribution in [1.29, 1.82) is 0 Å². The van der Waals surface area contributed by atoms with Crippen molar-refractivity contribution in [3.63, 3.8) is 0 Å². The molecule has 1 unspecified atom stereocenters. The van der Waals surface area contributed by atoms with Gasteiger partial charge in [0.15, 0.2) is 5.65 Å². The summed E-state index contributed by atoms with van der Waals surface area (Å²) in [6.45, 7) is 3.41. The maximum Gasteiger partial charge on any atom is 0.418 e. The minimum absolute atomic E-state index is 0.0192. The highest BCUT2D eigenvalue weighted by atomic mass is 19.4. The molecular formula is C43H39F3N8O4. The molecule has 58 heavy (non-hydrogen) atoms. The van der Waals surface area contributed by atoms with Crippen molar-refractivity contribution in [3.8, 4) is 11.8 Å². The van der Waals surface area contributed by atoms with E-state index in [-0.39, 0.29) is 54.2 Å². The average Bonchev–Trinajstić information content (AvgIpc) is 3.78. The number of amides is 4. The summed E-state index contributed by atoms with van der Waals surface area (Å²) >= 11 is 0. The van der Waals surface area contributed by atoms with Gasteiger partial charge < -0.3 is 15.1 Å². The lowest BCUT2D eigenvalue weighted by Crippen LogP contribution is -2.52. The minimum atomic E-state index is -4.67. The molecule has 2 fully saturated rings. The molecule has 1 atom stereocenters. The Kier molecular flexibility index (Phi) is 10.2.